The summed E-state index contributed by atoms with van der Waals surface area (Å²) in [6.45, 7) is 10.4. The minimum Gasteiger partial charge on any atom is -0.489 e. The van der Waals surface area contributed by atoms with Crippen LogP contribution in [0.3, 0.4) is 0 Å². The molecule has 0 aliphatic carbocycles. The maximum absolute atomic E-state index is 10.8. The number of halogens is 1. The van der Waals surface area contributed by atoms with Gasteiger partial charge in [-0.2, -0.15) is 0 Å². The van der Waals surface area contributed by atoms with Gasteiger partial charge in [0.05, 0.1) is 22.6 Å². The Morgan fingerprint density at radius 3 is 2.44 bits per heavy atom. The monoisotopic (exact) mass is 572 g/mol. The van der Waals surface area contributed by atoms with Crippen molar-refractivity contribution in [3.05, 3.63) is 58.7 Å². The van der Waals surface area contributed by atoms with Crippen LogP contribution in [0.1, 0.15) is 51.7 Å². The Hall–Kier alpha value is -2.94. The molecule has 9 heteroatoms. The fraction of sp³-hybridized carbons (Fsp3) is 0.433. The Labute approximate surface area is 239 Å². The predicted octanol–water partition coefficient (Wildman–Crippen LogP) is 6.75. The lowest BCUT2D eigenvalue weighted by molar-refractivity contribution is -0.140. The third kappa shape index (κ3) is 9.64. The van der Waals surface area contributed by atoms with E-state index < -0.39 is 5.97 Å². The summed E-state index contributed by atoms with van der Waals surface area (Å²) in [6.07, 6.45) is 4.89. The molecule has 0 saturated heterocycles. The number of fused-ring (bicyclic) bond motifs is 1. The van der Waals surface area contributed by atoms with Gasteiger partial charge in [-0.3, -0.25) is 9.59 Å². The van der Waals surface area contributed by atoms with Crippen molar-refractivity contribution in [3.63, 3.8) is 0 Å². The number of carbonyl (C=O) groups is 2. The van der Waals surface area contributed by atoms with Crippen LogP contribution in [0.4, 0.5) is 0 Å². The molecule has 0 atom stereocenters. The Balaban J connectivity index is 0.000000631. The van der Waals surface area contributed by atoms with E-state index in [1.807, 2.05) is 38.2 Å². The molecule has 1 aliphatic heterocycles. The summed E-state index contributed by atoms with van der Waals surface area (Å²) >= 11 is 8.09. The van der Waals surface area contributed by atoms with Crippen molar-refractivity contribution in [2.75, 3.05) is 26.2 Å². The number of hydrogen-bond donors (Lipinski definition) is 1. The van der Waals surface area contributed by atoms with E-state index >= 15 is 0 Å². The molecule has 0 saturated carbocycles. The minimum atomic E-state index is -0.720. The summed E-state index contributed by atoms with van der Waals surface area (Å²) in [5.41, 5.74) is 4.91. The molecule has 4 rings (SSSR count). The van der Waals surface area contributed by atoms with E-state index in [0.29, 0.717) is 23.8 Å². The fourth-order valence-electron chi connectivity index (χ4n) is 4.33. The highest BCUT2D eigenvalue weighted by molar-refractivity contribution is 7.18. The Morgan fingerprint density at radius 1 is 1.10 bits per heavy atom. The van der Waals surface area contributed by atoms with Crippen molar-refractivity contribution in [2.45, 2.75) is 59.5 Å². The number of thiazole rings is 1. The normalized spacial score (nSPS) is 13.2. The molecule has 0 fully saturated rings. The number of benzene rings is 2. The number of aromatic nitrogens is 1. The van der Waals surface area contributed by atoms with E-state index in [2.05, 4.69) is 32.8 Å². The third-order valence-electron chi connectivity index (χ3n) is 6.15. The van der Waals surface area contributed by atoms with Gasteiger partial charge in [0.25, 0.3) is 0 Å². The van der Waals surface area contributed by atoms with Crippen LogP contribution in [-0.2, 0) is 27.2 Å². The van der Waals surface area contributed by atoms with Crippen LogP contribution < -0.4 is 4.74 Å². The van der Waals surface area contributed by atoms with E-state index in [1.54, 1.807) is 18.3 Å². The quantitative estimate of drug-likeness (QED) is 0.284. The van der Waals surface area contributed by atoms with E-state index in [1.165, 1.54) is 18.1 Å². The number of esters is 1. The van der Waals surface area contributed by atoms with Gasteiger partial charge in [0.15, 0.2) is 0 Å². The van der Waals surface area contributed by atoms with Crippen LogP contribution in [0.15, 0.2) is 42.6 Å². The average Bonchev–Trinajstić information content (AvgIpc) is 3.28. The summed E-state index contributed by atoms with van der Waals surface area (Å²) in [6, 6.07) is 12.5. The number of rotatable bonds is 9. The molecule has 1 aliphatic rings. The van der Waals surface area contributed by atoms with Crippen molar-refractivity contribution in [2.24, 2.45) is 0 Å². The molecule has 39 heavy (non-hydrogen) atoms. The predicted molar refractivity (Wildman–Crippen MR) is 157 cm³/mol. The van der Waals surface area contributed by atoms with Gasteiger partial charge in [-0.1, -0.05) is 23.7 Å². The smallest absolute Gasteiger partial charge is 0.303 e. The van der Waals surface area contributed by atoms with Gasteiger partial charge in [0.1, 0.15) is 10.8 Å². The van der Waals surface area contributed by atoms with Crippen molar-refractivity contribution >= 4 is 34.9 Å². The van der Waals surface area contributed by atoms with Gasteiger partial charge in [0, 0.05) is 38.2 Å². The molecule has 3 aromatic rings. The number of carboxylic acids is 1. The van der Waals surface area contributed by atoms with E-state index in [4.69, 9.17) is 21.4 Å². The molecule has 0 unspecified atom stereocenters. The molecule has 0 amide bonds. The molecule has 7 nitrogen and oxygen atoms in total. The van der Waals surface area contributed by atoms with E-state index in [9.17, 15) is 9.59 Å². The lowest BCUT2D eigenvalue weighted by Gasteiger charge is -2.18. The van der Waals surface area contributed by atoms with Crippen LogP contribution >= 0.6 is 22.9 Å². The SMILES string of the molecule is CC(C)Oc1ccc(-c2cnc(-c3ccc4c(c3)CCN(CCCC(=O)O)CC4)s2)cc1Cl.CCOC(C)=O. The summed E-state index contributed by atoms with van der Waals surface area (Å²) in [5, 5.41) is 10.5. The summed E-state index contributed by atoms with van der Waals surface area (Å²) in [4.78, 5) is 28.7. The van der Waals surface area contributed by atoms with E-state index in [-0.39, 0.29) is 18.5 Å². The zero-order valence-electron chi connectivity index (χ0n) is 23.0. The number of carbonyl (C=O) groups excluding carboxylic acids is 1. The summed E-state index contributed by atoms with van der Waals surface area (Å²) in [5.74, 6) is -0.233. The molecule has 1 N–H and O–H groups in total. The second-order valence-corrected chi connectivity index (χ2v) is 11.0. The molecule has 0 bridgehead atoms. The zero-order chi connectivity index (χ0) is 28.4. The zero-order valence-corrected chi connectivity index (χ0v) is 24.6. The topological polar surface area (TPSA) is 89.0 Å². The van der Waals surface area contributed by atoms with Crippen LogP contribution in [0.2, 0.25) is 5.02 Å². The maximum atomic E-state index is 10.8. The van der Waals surface area contributed by atoms with Crippen molar-refractivity contribution in [1.29, 1.82) is 0 Å². The van der Waals surface area contributed by atoms with Crippen molar-refractivity contribution in [3.8, 4) is 26.8 Å². The fourth-order valence-corrected chi connectivity index (χ4v) is 5.46. The first kappa shape index (κ1) is 30.6. The standard InChI is InChI=1S/C26H29ClN2O3S.C4H8O2/c1-17(2)32-23-8-7-20(15-22(23)27)24-16-28-26(33-24)21-6-5-18-9-12-29(11-3-4-25(30)31)13-10-19(18)14-21;1-3-6-4(2)5/h5-8,14-17H,3-4,9-13H2,1-2H3,(H,30,31);3H2,1-2H3. The first-order valence-electron chi connectivity index (χ1n) is 13.3. The van der Waals surface area contributed by atoms with Gasteiger partial charge < -0.3 is 19.5 Å². The van der Waals surface area contributed by atoms with Crippen molar-refractivity contribution < 1.29 is 24.2 Å². The number of nitrogens with zero attached hydrogens (tertiary/aromatic N) is 2. The van der Waals surface area contributed by atoms with Crippen molar-refractivity contribution in [1.82, 2.24) is 9.88 Å². The molecular formula is C30H37ClN2O5S. The number of carboxylic acid groups (broad SMARTS) is 1. The van der Waals surface area contributed by atoms with Gasteiger partial charge in [-0.25, -0.2) is 4.98 Å². The Bertz CT molecular complexity index is 1260. The Morgan fingerprint density at radius 2 is 1.82 bits per heavy atom. The first-order valence-corrected chi connectivity index (χ1v) is 14.5. The third-order valence-corrected chi connectivity index (χ3v) is 7.54. The van der Waals surface area contributed by atoms with Crippen LogP contribution in [-0.4, -0.2) is 59.3 Å². The molecule has 2 aromatic carbocycles. The molecule has 2 heterocycles. The van der Waals surface area contributed by atoms with Crippen LogP contribution in [0.25, 0.3) is 21.0 Å². The van der Waals surface area contributed by atoms with Gasteiger partial charge in [-0.05, 0) is 87.5 Å². The molecule has 210 valence electrons. The average molecular weight is 573 g/mol. The summed E-state index contributed by atoms with van der Waals surface area (Å²) < 4.78 is 10.1. The second kappa shape index (κ2) is 15.0. The summed E-state index contributed by atoms with van der Waals surface area (Å²) in [7, 11) is 0. The first-order chi connectivity index (χ1) is 18.7. The lowest BCUT2D eigenvalue weighted by Crippen LogP contribution is -2.27. The Kier molecular flexibility index (Phi) is 11.8. The van der Waals surface area contributed by atoms with Gasteiger partial charge >= 0.3 is 11.9 Å². The minimum absolute atomic E-state index is 0.0772. The van der Waals surface area contributed by atoms with E-state index in [0.717, 1.165) is 53.5 Å². The second-order valence-electron chi connectivity index (χ2n) is 9.59. The largest absolute Gasteiger partial charge is 0.489 e. The van der Waals surface area contributed by atoms with Gasteiger partial charge in [0.2, 0.25) is 0 Å². The highest BCUT2D eigenvalue weighted by Gasteiger charge is 2.16. The number of ether oxygens (including phenoxy) is 2. The number of aliphatic carboxylic acids is 1. The molecule has 1 aromatic heterocycles. The molecular weight excluding hydrogens is 536 g/mol. The lowest BCUT2D eigenvalue weighted by atomic mass is 10.0. The maximum Gasteiger partial charge on any atom is 0.303 e. The highest BCUT2D eigenvalue weighted by atomic mass is 35.5. The number of hydrogen-bond acceptors (Lipinski definition) is 7. The van der Waals surface area contributed by atoms with Crippen LogP contribution in [0, 0.1) is 0 Å². The molecule has 0 spiro atoms. The molecule has 0 radical (unpaired) electrons. The highest BCUT2D eigenvalue weighted by Crippen LogP contribution is 2.36. The van der Waals surface area contributed by atoms with Gasteiger partial charge in [-0.15, -0.1) is 11.3 Å². The van der Waals surface area contributed by atoms with Crippen LogP contribution in [0.5, 0.6) is 5.75 Å².